The van der Waals surface area contributed by atoms with Crippen molar-refractivity contribution in [2.24, 2.45) is 0 Å². The average molecular weight is 208 g/mol. The van der Waals surface area contributed by atoms with E-state index in [1.165, 1.54) is 0 Å². The molecule has 0 saturated carbocycles. The van der Waals surface area contributed by atoms with Crippen molar-refractivity contribution in [3.8, 4) is 0 Å². The molecule has 0 unspecified atom stereocenters. The number of amides is 1. The number of H-pyrrole nitrogens is 1. The Bertz CT molecular complexity index is 303. The van der Waals surface area contributed by atoms with Gasteiger partial charge in [-0.15, -0.1) is 0 Å². The molecule has 3 N–H and O–H groups in total. The fourth-order valence-electron chi connectivity index (χ4n) is 1.67. The molecule has 5 nitrogen and oxygen atoms in total. The van der Waals surface area contributed by atoms with Gasteiger partial charge in [-0.25, -0.2) is 0 Å². The number of aromatic nitrogens is 1. The Morgan fingerprint density at radius 3 is 2.93 bits per heavy atom. The van der Waals surface area contributed by atoms with Crippen molar-refractivity contribution in [3.63, 3.8) is 0 Å². The zero-order chi connectivity index (χ0) is 10.5. The normalized spacial score (nSPS) is 17.6. The minimum Gasteiger partial charge on any atom is -0.348 e. The predicted octanol–water partition coefficient (Wildman–Crippen LogP) is -0.142. The highest BCUT2D eigenvalue weighted by molar-refractivity contribution is 5.91. The highest BCUT2D eigenvalue weighted by Crippen LogP contribution is 2.01. The van der Waals surface area contributed by atoms with Crippen LogP contribution in [0.15, 0.2) is 18.3 Å². The summed E-state index contributed by atoms with van der Waals surface area (Å²) in [4.78, 5) is 16.7. The number of carbonyl (C=O) groups excluding carboxylic acids is 1. The maximum absolute atomic E-state index is 11.6. The zero-order valence-electron chi connectivity index (χ0n) is 8.62. The van der Waals surface area contributed by atoms with Gasteiger partial charge < -0.3 is 15.6 Å². The summed E-state index contributed by atoms with van der Waals surface area (Å²) in [5.41, 5.74) is 0. The van der Waals surface area contributed by atoms with Crippen LogP contribution in [0.2, 0.25) is 0 Å². The van der Waals surface area contributed by atoms with Crippen LogP contribution in [0, 0.1) is 0 Å². The van der Waals surface area contributed by atoms with Crippen molar-refractivity contribution in [2.75, 3.05) is 38.0 Å². The number of hydrogen-bond donors (Lipinski definition) is 3. The zero-order valence-corrected chi connectivity index (χ0v) is 8.62. The predicted molar refractivity (Wildman–Crippen MR) is 58.7 cm³/mol. The molecule has 1 fully saturated rings. The summed E-state index contributed by atoms with van der Waals surface area (Å²) < 4.78 is 0. The van der Waals surface area contributed by atoms with Gasteiger partial charge in [0.25, 0.3) is 0 Å². The SMILES string of the molecule is O=C(CN1CCNCC1)Nc1ccc[nH]1. The third kappa shape index (κ3) is 3.07. The van der Waals surface area contributed by atoms with Crippen molar-refractivity contribution in [1.29, 1.82) is 0 Å². The molecule has 1 saturated heterocycles. The van der Waals surface area contributed by atoms with Gasteiger partial charge in [0.1, 0.15) is 5.82 Å². The van der Waals surface area contributed by atoms with Crippen LogP contribution in [0.5, 0.6) is 0 Å². The van der Waals surface area contributed by atoms with Gasteiger partial charge in [0.15, 0.2) is 0 Å². The van der Waals surface area contributed by atoms with Crippen LogP contribution < -0.4 is 10.6 Å². The fourth-order valence-corrected chi connectivity index (χ4v) is 1.67. The van der Waals surface area contributed by atoms with E-state index in [0.717, 1.165) is 32.0 Å². The number of piperazine rings is 1. The minimum absolute atomic E-state index is 0.0411. The van der Waals surface area contributed by atoms with Gasteiger partial charge in [-0.2, -0.15) is 0 Å². The van der Waals surface area contributed by atoms with Gasteiger partial charge in [-0.1, -0.05) is 0 Å². The lowest BCUT2D eigenvalue weighted by Crippen LogP contribution is -2.46. The number of anilines is 1. The molecule has 1 aliphatic heterocycles. The van der Waals surface area contributed by atoms with E-state index in [2.05, 4.69) is 20.5 Å². The molecule has 2 heterocycles. The van der Waals surface area contributed by atoms with Gasteiger partial charge in [0, 0.05) is 32.4 Å². The number of nitrogens with one attached hydrogen (secondary N) is 3. The monoisotopic (exact) mass is 208 g/mol. The highest BCUT2D eigenvalue weighted by Gasteiger charge is 2.13. The molecule has 0 spiro atoms. The Balaban J connectivity index is 1.76. The van der Waals surface area contributed by atoms with Crippen molar-refractivity contribution in [2.45, 2.75) is 0 Å². The molecule has 0 aromatic carbocycles. The summed E-state index contributed by atoms with van der Waals surface area (Å²) in [5.74, 6) is 0.800. The quantitative estimate of drug-likeness (QED) is 0.648. The molecule has 1 aliphatic rings. The Kier molecular flexibility index (Phi) is 3.37. The van der Waals surface area contributed by atoms with Crippen molar-refractivity contribution in [3.05, 3.63) is 18.3 Å². The van der Waals surface area contributed by atoms with Gasteiger partial charge in [0.2, 0.25) is 5.91 Å². The van der Waals surface area contributed by atoms with Gasteiger partial charge >= 0.3 is 0 Å². The van der Waals surface area contributed by atoms with Crippen molar-refractivity contribution >= 4 is 11.7 Å². The summed E-state index contributed by atoms with van der Waals surface area (Å²) in [6, 6.07) is 3.70. The fraction of sp³-hybridized carbons (Fsp3) is 0.500. The van der Waals surface area contributed by atoms with E-state index in [1.54, 1.807) is 6.20 Å². The van der Waals surface area contributed by atoms with Crippen LogP contribution in [-0.4, -0.2) is 48.5 Å². The van der Waals surface area contributed by atoms with E-state index in [1.807, 2.05) is 12.1 Å². The number of aromatic amines is 1. The van der Waals surface area contributed by atoms with Crippen LogP contribution in [0.3, 0.4) is 0 Å². The first-order chi connectivity index (χ1) is 7.34. The molecule has 0 radical (unpaired) electrons. The first-order valence-corrected chi connectivity index (χ1v) is 5.21. The summed E-state index contributed by atoms with van der Waals surface area (Å²) in [6.07, 6.45) is 1.79. The molecule has 1 aromatic rings. The van der Waals surface area contributed by atoms with Crippen molar-refractivity contribution < 1.29 is 4.79 Å². The standard InChI is InChI=1S/C10H16N4O/c15-10(13-9-2-1-3-12-9)8-14-6-4-11-5-7-14/h1-3,11-12H,4-8H2,(H,13,15). The summed E-state index contributed by atoms with van der Waals surface area (Å²) in [5, 5.41) is 6.07. The lowest BCUT2D eigenvalue weighted by Gasteiger charge is -2.26. The van der Waals surface area contributed by atoms with Crippen LogP contribution in [-0.2, 0) is 4.79 Å². The van der Waals surface area contributed by atoms with E-state index in [0.29, 0.717) is 6.54 Å². The van der Waals surface area contributed by atoms with E-state index >= 15 is 0 Å². The van der Waals surface area contributed by atoms with E-state index in [-0.39, 0.29) is 5.91 Å². The Hall–Kier alpha value is -1.33. The molecule has 0 atom stereocenters. The van der Waals surface area contributed by atoms with Crippen LogP contribution in [0.25, 0.3) is 0 Å². The Morgan fingerprint density at radius 1 is 1.47 bits per heavy atom. The number of hydrogen-bond acceptors (Lipinski definition) is 3. The maximum Gasteiger partial charge on any atom is 0.239 e. The topological polar surface area (TPSA) is 60.2 Å². The molecule has 1 aromatic heterocycles. The Morgan fingerprint density at radius 2 is 2.27 bits per heavy atom. The Labute approximate surface area is 88.8 Å². The van der Waals surface area contributed by atoms with Gasteiger partial charge in [0.05, 0.1) is 6.54 Å². The summed E-state index contributed by atoms with van der Waals surface area (Å²) >= 11 is 0. The van der Waals surface area contributed by atoms with Crippen molar-refractivity contribution in [1.82, 2.24) is 15.2 Å². The molecule has 1 amide bonds. The first kappa shape index (κ1) is 10.2. The molecule has 5 heteroatoms. The number of rotatable bonds is 3. The number of carbonyl (C=O) groups is 1. The molecular formula is C10H16N4O. The second kappa shape index (κ2) is 4.95. The van der Waals surface area contributed by atoms with Crippen LogP contribution >= 0.6 is 0 Å². The lowest BCUT2D eigenvalue weighted by atomic mass is 10.3. The summed E-state index contributed by atoms with van der Waals surface area (Å²) in [7, 11) is 0. The van der Waals surface area contributed by atoms with Gasteiger partial charge in [-0.05, 0) is 12.1 Å². The lowest BCUT2D eigenvalue weighted by molar-refractivity contribution is -0.117. The second-order valence-corrected chi connectivity index (χ2v) is 3.66. The first-order valence-electron chi connectivity index (χ1n) is 5.21. The molecule has 2 rings (SSSR count). The van der Waals surface area contributed by atoms with Crippen LogP contribution in [0.4, 0.5) is 5.82 Å². The molecule has 0 bridgehead atoms. The van der Waals surface area contributed by atoms with E-state index in [4.69, 9.17) is 0 Å². The highest BCUT2D eigenvalue weighted by atomic mass is 16.2. The van der Waals surface area contributed by atoms with Gasteiger partial charge in [-0.3, -0.25) is 9.69 Å². The average Bonchev–Trinajstić information content (AvgIpc) is 2.71. The minimum atomic E-state index is 0.0411. The van der Waals surface area contributed by atoms with E-state index in [9.17, 15) is 4.79 Å². The smallest absolute Gasteiger partial charge is 0.239 e. The number of nitrogens with zero attached hydrogens (tertiary/aromatic N) is 1. The third-order valence-corrected chi connectivity index (χ3v) is 2.45. The molecule has 15 heavy (non-hydrogen) atoms. The maximum atomic E-state index is 11.6. The van der Waals surface area contributed by atoms with Crippen LogP contribution in [0.1, 0.15) is 0 Å². The second-order valence-electron chi connectivity index (χ2n) is 3.66. The third-order valence-electron chi connectivity index (χ3n) is 2.45. The molecular weight excluding hydrogens is 192 g/mol. The molecule has 82 valence electrons. The largest absolute Gasteiger partial charge is 0.348 e. The molecule has 0 aliphatic carbocycles. The summed E-state index contributed by atoms with van der Waals surface area (Å²) in [6.45, 7) is 4.29. The van der Waals surface area contributed by atoms with E-state index < -0.39 is 0 Å².